The Bertz CT molecular complexity index is 718. The quantitative estimate of drug-likeness (QED) is 0.829. The summed E-state index contributed by atoms with van der Waals surface area (Å²) in [5.41, 5.74) is 1.28. The normalized spacial score (nSPS) is 20.6. The minimum absolute atomic E-state index is 0.0751. The summed E-state index contributed by atoms with van der Waals surface area (Å²) in [4.78, 5) is 18.3. The number of hydrogen-bond acceptors (Lipinski definition) is 6. The second-order valence-electron chi connectivity index (χ2n) is 6.24. The predicted molar refractivity (Wildman–Crippen MR) is 91.1 cm³/mol. The second-order valence-corrected chi connectivity index (χ2v) is 6.24. The number of hydrogen-bond donors (Lipinski definition) is 2. The number of carbonyl (C=O) groups is 1. The summed E-state index contributed by atoms with van der Waals surface area (Å²) in [7, 11) is 1.76. The lowest BCUT2D eigenvalue weighted by molar-refractivity contribution is 0.0938. The lowest BCUT2D eigenvalue weighted by Crippen LogP contribution is -2.39. The van der Waals surface area contributed by atoms with Gasteiger partial charge in [-0.15, -0.1) is 0 Å². The van der Waals surface area contributed by atoms with E-state index >= 15 is 0 Å². The van der Waals surface area contributed by atoms with Crippen LogP contribution in [-0.4, -0.2) is 53.3 Å². The molecule has 7 nitrogen and oxygen atoms in total. The molecule has 0 radical (unpaired) electrons. The van der Waals surface area contributed by atoms with Gasteiger partial charge in [-0.3, -0.25) is 9.69 Å². The first kappa shape index (κ1) is 17.3. The first-order chi connectivity index (χ1) is 12.0. The van der Waals surface area contributed by atoms with Crippen LogP contribution in [0.5, 0.6) is 0 Å². The highest BCUT2D eigenvalue weighted by molar-refractivity contribution is 5.94. The number of likely N-dealkylation sites (tertiary alicyclic amines) is 1. The minimum atomic E-state index is -0.900. The van der Waals surface area contributed by atoms with E-state index in [0.717, 1.165) is 5.69 Å². The monoisotopic (exact) mass is 347 g/mol. The summed E-state index contributed by atoms with van der Waals surface area (Å²) in [6.07, 6.45) is 1.01. The number of carbonyl (C=O) groups excluding carboxylic acids is 1. The maximum Gasteiger partial charge on any atom is 0.252 e. The number of nitrogens with zero attached hydrogens (tertiary/aromatic N) is 3. The van der Waals surface area contributed by atoms with Crippen LogP contribution in [-0.2, 0) is 6.54 Å². The van der Waals surface area contributed by atoms with E-state index in [0.29, 0.717) is 43.2 Å². The summed E-state index contributed by atoms with van der Waals surface area (Å²) in [6.45, 7) is 3.04. The topological polar surface area (TPSA) is 83.3 Å². The summed E-state index contributed by atoms with van der Waals surface area (Å²) >= 11 is 0. The Hall–Kier alpha value is -2.48. The number of aromatic nitrogens is 2. The third-order valence-corrected chi connectivity index (χ3v) is 4.29. The van der Waals surface area contributed by atoms with E-state index in [1.807, 2.05) is 17.9 Å². The van der Waals surface area contributed by atoms with Gasteiger partial charge in [0.25, 0.3) is 5.91 Å². The van der Waals surface area contributed by atoms with Crippen molar-refractivity contribution >= 4 is 11.7 Å². The molecular formula is C17H22FN5O2. The molecule has 3 rings (SSSR count). The van der Waals surface area contributed by atoms with Gasteiger partial charge in [0.15, 0.2) is 5.76 Å². The molecular weight excluding hydrogens is 325 g/mol. The van der Waals surface area contributed by atoms with Crippen molar-refractivity contribution in [2.75, 3.05) is 25.5 Å². The Balaban J connectivity index is 1.57. The lowest BCUT2D eigenvalue weighted by atomic mass is 10.2. The molecule has 2 atom stereocenters. The standard InChI is InChI=1S/C17H22FN5O2/c1-11-5-15(25-22-11)10-23-9-13(18)6-14(23)8-21-17(24)12-3-4-16(19-2)20-7-12/h3-5,7,13-14H,6,8-10H2,1-2H3,(H,19,20)(H,21,24)/t13-,14-/m0/s1. The maximum atomic E-state index is 13.8. The average Bonchev–Trinajstić information content (AvgIpc) is 3.18. The number of amides is 1. The molecule has 134 valence electrons. The molecule has 0 bridgehead atoms. The third kappa shape index (κ3) is 4.33. The van der Waals surface area contributed by atoms with Gasteiger partial charge in [0.2, 0.25) is 0 Å². The molecule has 0 saturated carbocycles. The van der Waals surface area contributed by atoms with Crippen LogP contribution in [0.1, 0.15) is 28.2 Å². The Kier molecular flexibility index (Phi) is 5.28. The number of pyridine rings is 1. The fourth-order valence-corrected chi connectivity index (χ4v) is 3.01. The first-order valence-corrected chi connectivity index (χ1v) is 8.27. The van der Waals surface area contributed by atoms with Crippen LogP contribution in [0, 0.1) is 6.92 Å². The molecule has 8 heteroatoms. The van der Waals surface area contributed by atoms with E-state index in [9.17, 15) is 9.18 Å². The molecule has 0 aromatic carbocycles. The van der Waals surface area contributed by atoms with E-state index in [1.165, 1.54) is 6.20 Å². The summed E-state index contributed by atoms with van der Waals surface area (Å²) in [5.74, 6) is 1.18. The van der Waals surface area contributed by atoms with Crippen LogP contribution in [0.4, 0.5) is 10.2 Å². The molecule has 1 aliphatic heterocycles. The third-order valence-electron chi connectivity index (χ3n) is 4.29. The van der Waals surface area contributed by atoms with Crippen LogP contribution in [0.3, 0.4) is 0 Å². The van der Waals surface area contributed by atoms with Gasteiger partial charge >= 0.3 is 0 Å². The van der Waals surface area contributed by atoms with Gasteiger partial charge in [0, 0.05) is 38.4 Å². The van der Waals surface area contributed by atoms with Gasteiger partial charge in [0.05, 0.1) is 17.8 Å². The molecule has 1 fully saturated rings. The van der Waals surface area contributed by atoms with Crippen molar-refractivity contribution in [3.8, 4) is 0 Å². The first-order valence-electron chi connectivity index (χ1n) is 8.27. The minimum Gasteiger partial charge on any atom is -0.373 e. The molecule has 0 unspecified atom stereocenters. The number of halogens is 1. The maximum absolute atomic E-state index is 13.8. The van der Waals surface area contributed by atoms with Crippen molar-refractivity contribution in [3.63, 3.8) is 0 Å². The second kappa shape index (κ2) is 7.60. The molecule has 1 saturated heterocycles. The van der Waals surface area contributed by atoms with E-state index in [1.54, 1.807) is 19.2 Å². The molecule has 0 spiro atoms. The van der Waals surface area contributed by atoms with E-state index < -0.39 is 6.17 Å². The van der Waals surface area contributed by atoms with E-state index in [-0.39, 0.29) is 11.9 Å². The van der Waals surface area contributed by atoms with Crippen molar-refractivity contribution in [2.45, 2.75) is 32.1 Å². The average molecular weight is 347 g/mol. The fourth-order valence-electron chi connectivity index (χ4n) is 3.01. The van der Waals surface area contributed by atoms with Crippen LogP contribution in [0.15, 0.2) is 28.9 Å². The fraction of sp³-hybridized carbons (Fsp3) is 0.471. The number of anilines is 1. The highest BCUT2D eigenvalue weighted by Gasteiger charge is 2.33. The molecule has 25 heavy (non-hydrogen) atoms. The number of nitrogens with one attached hydrogen (secondary N) is 2. The molecule has 1 amide bonds. The summed E-state index contributed by atoms with van der Waals surface area (Å²) in [6, 6.07) is 5.21. The van der Waals surface area contributed by atoms with Crippen LogP contribution < -0.4 is 10.6 Å². The highest BCUT2D eigenvalue weighted by atomic mass is 19.1. The van der Waals surface area contributed by atoms with Gasteiger partial charge < -0.3 is 15.2 Å². The van der Waals surface area contributed by atoms with Gasteiger partial charge in [-0.1, -0.05) is 5.16 Å². The lowest BCUT2D eigenvalue weighted by Gasteiger charge is -2.23. The highest BCUT2D eigenvalue weighted by Crippen LogP contribution is 2.22. The van der Waals surface area contributed by atoms with Crippen molar-refractivity contribution in [1.82, 2.24) is 20.4 Å². The molecule has 2 aromatic rings. The largest absolute Gasteiger partial charge is 0.373 e. The molecule has 1 aliphatic rings. The number of alkyl halides is 1. The van der Waals surface area contributed by atoms with Crippen LogP contribution in [0.2, 0.25) is 0 Å². The number of aryl methyl sites for hydroxylation is 1. The zero-order valence-electron chi connectivity index (χ0n) is 14.3. The molecule has 0 aliphatic carbocycles. The van der Waals surface area contributed by atoms with Gasteiger partial charge in [-0.2, -0.15) is 0 Å². The van der Waals surface area contributed by atoms with Gasteiger partial charge in [-0.05, 0) is 25.5 Å². The van der Waals surface area contributed by atoms with Crippen molar-refractivity contribution in [1.29, 1.82) is 0 Å². The molecule has 3 heterocycles. The summed E-state index contributed by atoms with van der Waals surface area (Å²) < 4.78 is 19.1. The SMILES string of the molecule is CNc1ccc(C(=O)NC[C@@H]2C[C@H](F)CN2Cc2cc(C)no2)cn1. The predicted octanol–water partition coefficient (Wildman–Crippen LogP) is 1.76. The van der Waals surface area contributed by atoms with Crippen molar-refractivity contribution in [3.05, 3.63) is 41.4 Å². The van der Waals surface area contributed by atoms with E-state index in [4.69, 9.17) is 4.52 Å². The van der Waals surface area contributed by atoms with Gasteiger partial charge in [0.1, 0.15) is 12.0 Å². The van der Waals surface area contributed by atoms with Crippen molar-refractivity contribution in [2.24, 2.45) is 0 Å². The smallest absolute Gasteiger partial charge is 0.252 e. The zero-order chi connectivity index (χ0) is 17.8. The zero-order valence-corrected chi connectivity index (χ0v) is 14.3. The Morgan fingerprint density at radius 1 is 1.48 bits per heavy atom. The molecule has 2 N–H and O–H groups in total. The van der Waals surface area contributed by atoms with Crippen LogP contribution in [0.25, 0.3) is 0 Å². The Labute approximate surface area is 145 Å². The molecule has 2 aromatic heterocycles. The Morgan fingerprint density at radius 3 is 2.96 bits per heavy atom. The Morgan fingerprint density at radius 2 is 2.32 bits per heavy atom. The van der Waals surface area contributed by atoms with Crippen LogP contribution >= 0.6 is 0 Å². The summed E-state index contributed by atoms with van der Waals surface area (Å²) in [5, 5.41) is 9.62. The number of rotatable bonds is 6. The van der Waals surface area contributed by atoms with Crippen molar-refractivity contribution < 1.29 is 13.7 Å². The van der Waals surface area contributed by atoms with Gasteiger partial charge in [-0.25, -0.2) is 9.37 Å². The van der Waals surface area contributed by atoms with E-state index in [2.05, 4.69) is 20.8 Å².